The molecule has 0 saturated carbocycles. The zero-order valence-corrected chi connectivity index (χ0v) is 12.8. The minimum Gasteiger partial charge on any atom is -0.481 e. The van der Waals surface area contributed by atoms with Crippen LogP contribution in [0.25, 0.3) is 0 Å². The number of carbonyl (C=O) groups excluding carboxylic acids is 1. The van der Waals surface area contributed by atoms with Crippen LogP contribution in [0.5, 0.6) is 0 Å². The highest BCUT2D eigenvalue weighted by molar-refractivity contribution is 5.92. The predicted octanol–water partition coefficient (Wildman–Crippen LogP) is 2.79. The van der Waals surface area contributed by atoms with Crippen molar-refractivity contribution in [2.24, 2.45) is 5.92 Å². The van der Waals surface area contributed by atoms with Crippen molar-refractivity contribution in [1.82, 2.24) is 10.3 Å². The summed E-state index contributed by atoms with van der Waals surface area (Å²) in [6.45, 7) is 4.49. The predicted molar refractivity (Wildman–Crippen MR) is 81.2 cm³/mol. The van der Waals surface area contributed by atoms with E-state index < -0.39 is 5.97 Å². The van der Waals surface area contributed by atoms with Crippen LogP contribution in [-0.2, 0) is 4.79 Å². The standard InChI is InChI=1S/C16H24N2O3/c1-3-5-13(8-9-15(19)20)10-11-17-16(21)14-7-4-6-12(2)18-14/h4,6-7,13H,3,5,8-11H2,1-2H3,(H,17,21)(H,19,20). The number of nitrogens with one attached hydrogen (secondary N) is 1. The van der Waals surface area contributed by atoms with Crippen LogP contribution < -0.4 is 5.32 Å². The normalized spacial score (nSPS) is 11.9. The first-order valence-electron chi connectivity index (χ1n) is 7.46. The molecule has 1 aromatic heterocycles. The monoisotopic (exact) mass is 292 g/mol. The summed E-state index contributed by atoms with van der Waals surface area (Å²) in [7, 11) is 0. The molecule has 5 nitrogen and oxygen atoms in total. The SMILES string of the molecule is CCCC(CCNC(=O)c1cccc(C)n1)CCC(=O)O. The Labute approximate surface area is 125 Å². The average molecular weight is 292 g/mol. The first kappa shape index (κ1) is 17.1. The third-order valence-electron chi connectivity index (χ3n) is 3.42. The first-order valence-corrected chi connectivity index (χ1v) is 7.46. The van der Waals surface area contributed by atoms with Crippen LogP contribution in [0.3, 0.4) is 0 Å². The molecule has 116 valence electrons. The van der Waals surface area contributed by atoms with Gasteiger partial charge in [0.25, 0.3) is 5.91 Å². The third-order valence-corrected chi connectivity index (χ3v) is 3.42. The summed E-state index contributed by atoms with van der Waals surface area (Å²) >= 11 is 0. The molecule has 0 bridgehead atoms. The second-order valence-electron chi connectivity index (χ2n) is 5.30. The van der Waals surface area contributed by atoms with Gasteiger partial charge in [-0.1, -0.05) is 25.8 Å². The van der Waals surface area contributed by atoms with E-state index in [1.165, 1.54) is 0 Å². The molecular weight excluding hydrogens is 268 g/mol. The van der Waals surface area contributed by atoms with Gasteiger partial charge in [0.15, 0.2) is 0 Å². The molecule has 0 aliphatic rings. The summed E-state index contributed by atoms with van der Waals surface area (Å²) in [6, 6.07) is 5.35. The zero-order valence-electron chi connectivity index (χ0n) is 12.8. The van der Waals surface area contributed by atoms with E-state index in [4.69, 9.17) is 5.11 Å². The fraction of sp³-hybridized carbons (Fsp3) is 0.562. The van der Waals surface area contributed by atoms with E-state index >= 15 is 0 Å². The number of aryl methyl sites for hydroxylation is 1. The molecule has 0 radical (unpaired) electrons. The van der Waals surface area contributed by atoms with Crippen LogP contribution >= 0.6 is 0 Å². The smallest absolute Gasteiger partial charge is 0.303 e. The van der Waals surface area contributed by atoms with Crippen LogP contribution in [0.1, 0.15) is 55.2 Å². The Kier molecular flexibility index (Phi) is 7.43. The molecule has 1 heterocycles. The minimum absolute atomic E-state index is 0.174. The molecule has 0 aliphatic carbocycles. The largest absolute Gasteiger partial charge is 0.481 e. The summed E-state index contributed by atoms with van der Waals surface area (Å²) in [4.78, 5) is 26.7. The first-order chi connectivity index (χ1) is 10.0. The number of carboxylic acids is 1. The summed E-state index contributed by atoms with van der Waals surface area (Å²) in [6.07, 6.45) is 3.68. The number of carbonyl (C=O) groups is 2. The van der Waals surface area contributed by atoms with Crippen LogP contribution in [-0.4, -0.2) is 28.5 Å². The molecule has 2 N–H and O–H groups in total. The van der Waals surface area contributed by atoms with E-state index in [0.717, 1.165) is 25.0 Å². The van der Waals surface area contributed by atoms with Gasteiger partial charge in [-0.25, -0.2) is 4.98 Å². The van der Waals surface area contributed by atoms with E-state index in [9.17, 15) is 9.59 Å². The van der Waals surface area contributed by atoms with Gasteiger partial charge in [0.2, 0.25) is 0 Å². The average Bonchev–Trinajstić information content (AvgIpc) is 2.44. The van der Waals surface area contributed by atoms with Crippen molar-refractivity contribution in [1.29, 1.82) is 0 Å². The number of aromatic nitrogens is 1. The van der Waals surface area contributed by atoms with Crippen molar-refractivity contribution in [3.05, 3.63) is 29.6 Å². The second kappa shape index (κ2) is 9.10. The Morgan fingerprint density at radius 3 is 2.67 bits per heavy atom. The summed E-state index contributed by atoms with van der Waals surface area (Å²) in [5.41, 5.74) is 1.24. The molecule has 1 amide bonds. The highest BCUT2D eigenvalue weighted by Crippen LogP contribution is 2.17. The van der Waals surface area contributed by atoms with Gasteiger partial charge in [-0.15, -0.1) is 0 Å². The lowest BCUT2D eigenvalue weighted by Gasteiger charge is -2.15. The van der Waals surface area contributed by atoms with E-state index in [-0.39, 0.29) is 12.3 Å². The van der Waals surface area contributed by atoms with Crippen molar-refractivity contribution in [2.45, 2.75) is 46.0 Å². The van der Waals surface area contributed by atoms with E-state index in [1.54, 1.807) is 6.07 Å². The Morgan fingerprint density at radius 2 is 2.05 bits per heavy atom. The summed E-state index contributed by atoms with van der Waals surface area (Å²) < 4.78 is 0. The highest BCUT2D eigenvalue weighted by atomic mass is 16.4. The number of amides is 1. The fourth-order valence-corrected chi connectivity index (χ4v) is 2.32. The molecule has 0 fully saturated rings. The quantitative estimate of drug-likeness (QED) is 0.733. The van der Waals surface area contributed by atoms with Crippen molar-refractivity contribution in [2.75, 3.05) is 6.54 Å². The number of aliphatic carboxylic acids is 1. The van der Waals surface area contributed by atoms with Crippen LogP contribution in [0, 0.1) is 12.8 Å². The van der Waals surface area contributed by atoms with Gasteiger partial charge in [0, 0.05) is 18.7 Å². The molecular formula is C16H24N2O3. The molecule has 21 heavy (non-hydrogen) atoms. The van der Waals surface area contributed by atoms with Gasteiger partial charge < -0.3 is 10.4 Å². The molecule has 0 aromatic carbocycles. The lowest BCUT2D eigenvalue weighted by molar-refractivity contribution is -0.137. The van der Waals surface area contributed by atoms with Crippen molar-refractivity contribution < 1.29 is 14.7 Å². The lowest BCUT2D eigenvalue weighted by Crippen LogP contribution is -2.27. The Hall–Kier alpha value is -1.91. The Balaban J connectivity index is 2.38. The second-order valence-corrected chi connectivity index (χ2v) is 5.30. The van der Waals surface area contributed by atoms with Crippen molar-refractivity contribution >= 4 is 11.9 Å². The lowest BCUT2D eigenvalue weighted by atomic mass is 9.94. The van der Waals surface area contributed by atoms with E-state index in [2.05, 4.69) is 17.2 Å². The highest BCUT2D eigenvalue weighted by Gasteiger charge is 2.12. The van der Waals surface area contributed by atoms with Gasteiger partial charge in [-0.05, 0) is 37.8 Å². The molecule has 0 spiro atoms. The molecule has 5 heteroatoms. The molecule has 1 aromatic rings. The summed E-state index contributed by atoms with van der Waals surface area (Å²) in [5, 5.41) is 11.6. The van der Waals surface area contributed by atoms with Gasteiger partial charge in [-0.2, -0.15) is 0 Å². The van der Waals surface area contributed by atoms with Crippen molar-refractivity contribution in [3.8, 4) is 0 Å². The number of carboxylic acid groups (broad SMARTS) is 1. The molecule has 1 unspecified atom stereocenters. The van der Waals surface area contributed by atoms with Gasteiger partial charge in [-0.3, -0.25) is 9.59 Å². The van der Waals surface area contributed by atoms with E-state index in [0.29, 0.717) is 24.6 Å². The topological polar surface area (TPSA) is 79.3 Å². The molecule has 1 rings (SSSR count). The number of rotatable bonds is 9. The number of pyridine rings is 1. The van der Waals surface area contributed by atoms with E-state index in [1.807, 2.05) is 19.1 Å². The van der Waals surface area contributed by atoms with Crippen molar-refractivity contribution in [3.63, 3.8) is 0 Å². The third kappa shape index (κ3) is 6.88. The maximum absolute atomic E-state index is 11.9. The van der Waals surface area contributed by atoms with Gasteiger partial charge in [0.1, 0.15) is 5.69 Å². The maximum atomic E-state index is 11.9. The molecule has 1 atom stereocenters. The Morgan fingerprint density at radius 1 is 1.29 bits per heavy atom. The van der Waals surface area contributed by atoms with Crippen LogP contribution in [0.4, 0.5) is 0 Å². The maximum Gasteiger partial charge on any atom is 0.303 e. The Bertz CT molecular complexity index is 474. The number of nitrogens with zero attached hydrogens (tertiary/aromatic N) is 1. The number of hydrogen-bond acceptors (Lipinski definition) is 3. The fourth-order valence-electron chi connectivity index (χ4n) is 2.32. The summed E-state index contributed by atoms with van der Waals surface area (Å²) in [5.74, 6) is -0.590. The van der Waals surface area contributed by atoms with Gasteiger partial charge >= 0.3 is 5.97 Å². The van der Waals surface area contributed by atoms with Crippen LogP contribution in [0.15, 0.2) is 18.2 Å². The van der Waals surface area contributed by atoms with Crippen LogP contribution in [0.2, 0.25) is 0 Å². The molecule has 0 saturated heterocycles. The minimum atomic E-state index is -0.760. The molecule has 0 aliphatic heterocycles. The zero-order chi connectivity index (χ0) is 15.7. The van der Waals surface area contributed by atoms with Gasteiger partial charge in [0.05, 0.1) is 0 Å². The number of hydrogen-bond donors (Lipinski definition) is 2.